The van der Waals surface area contributed by atoms with Crippen molar-refractivity contribution in [3.05, 3.63) is 36.2 Å². The minimum Gasteiger partial charge on any atom is -0.465 e. The number of carbonyl (C=O) groups excluding carboxylic acids is 1. The van der Waals surface area contributed by atoms with Crippen LogP contribution in [-0.4, -0.2) is 69.5 Å². The van der Waals surface area contributed by atoms with Crippen LogP contribution in [0.5, 0.6) is 0 Å². The van der Waals surface area contributed by atoms with Gasteiger partial charge in [-0.3, -0.25) is 14.7 Å². The van der Waals surface area contributed by atoms with Crippen molar-refractivity contribution >= 4 is 22.9 Å². The highest BCUT2D eigenvalue weighted by atomic mass is 16.4. The maximum Gasteiger partial charge on any atom is 0.407 e. The van der Waals surface area contributed by atoms with Crippen molar-refractivity contribution in [1.29, 1.82) is 0 Å². The van der Waals surface area contributed by atoms with Crippen LogP contribution < -0.4 is 0 Å². The number of rotatable bonds is 3. The number of hydrogen-bond donors (Lipinski definition) is 1. The molecule has 2 aromatic rings. The normalized spacial score (nSPS) is 15.9. The highest BCUT2D eigenvalue weighted by molar-refractivity contribution is 5.97. The fourth-order valence-corrected chi connectivity index (χ4v) is 2.47. The number of amides is 1. The quantitative estimate of drug-likeness (QED) is 0.854. The van der Waals surface area contributed by atoms with Gasteiger partial charge in [0.25, 0.3) is 0 Å². The molecule has 0 unspecified atom stereocenters. The standard InChI is InChI=1S/C15H16N4O3/c20-14(10-18-5-7-19(8-6-18)15(21)22)13-9-16-11-3-1-2-4-12(11)17-13/h1-4,9H,5-8,10H2,(H,21,22). The molecule has 0 saturated carbocycles. The molecule has 114 valence electrons. The fourth-order valence-electron chi connectivity index (χ4n) is 2.47. The molecule has 1 saturated heterocycles. The molecule has 0 aliphatic carbocycles. The number of carboxylic acid groups (broad SMARTS) is 1. The Labute approximate surface area is 127 Å². The van der Waals surface area contributed by atoms with Gasteiger partial charge < -0.3 is 10.0 Å². The summed E-state index contributed by atoms with van der Waals surface area (Å²) in [7, 11) is 0. The molecular formula is C15H16N4O3. The molecule has 1 N–H and O–H groups in total. The van der Waals surface area contributed by atoms with Gasteiger partial charge in [-0.2, -0.15) is 0 Å². The molecule has 3 rings (SSSR count). The molecule has 2 heterocycles. The largest absolute Gasteiger partial charge is 0.465 e. The van der Waals surface area contributed by atoms with E-state index in [1.807, 2.05) is 29.2 Å². The van der Waals surface area contributed by atoms with E-state index < -0.39 is 6.09 Å². The van der Waals surface area contributed by atoms with Crippen LogP contribution in [0.25, 0.3) is 11.0 Å². The average molecular weight is 300 g/mol. The van der Waals surface area contributed by atoms with Crippen LogP contribution in [0.3, 0.4) is 0 Å². The maximum absolute atomic E-state index is 12.3. The van der Waals surface area contributed by atoms with Gasteiger partial charge in [-0.15, -0.1) is 0 Å². The van der Waals surface area contributed by atoms with E-state index in [4.69, 9.17) is 5.11 Å². The van der Waals surface area contributed by atoms with Crippen molar-refractivity contribution in [2.45, 2.75) is 0 Å². The van der Waals surface area contributed by atoms with E-state index in [0.29, 0.717) is 37.4 Å². The van der Waals surface area contributed by atoms with E-state index >= 15 is 0 Å². The molecule has 1 amide bonds. The number of benzene rings is 1. The minimum absolute atomic E-state index is 0.0953. The van der Waals surface area contributed by atoms with E-state index in [1.54, 1.807) is 0 Å². The third kappa shape index (κ3) is 3.04. The van der Waals surface area contributed by atoms with E-state index in [2.05, 4.69) is 9.97 Å². The summed E-state index contributed by atoms with van der Waals surface area (Å²) in [4.78, 5) is 35.0. The number of fused-ring (bicyclic) bond motifs is 1. The summed E-state index contributed by atoms with van der Waals surface area (Å²) in [6.45, 7) is 2.19. The molecule has 1 fully saturated rings. The van der Waals surface area contributed by atoms with Crippen LogP contribution in [0.15, 0.2) is 30.5 Å². The average Bonchev–Trinajstić information content (AvgIpc) is 2.55. The molecule has 0 bridgehead atoms. The smallest absolute Gasteiger partial charge is 0.407 e. The van der Waals surface area contributed by atoms with Gasteiger partial charge in [-0.05, 0) is 12.1 Å². The van der Waals surface area contributed by atoms with Crippen molar-refractivity contribution in [2.24, 2.45) is 0 Å². The van der Waals surface area contributed by atoms with E-state index in [1.165, 1.54) is 11.1 Å². The van der Waals surface area contributed by atoms with Crippen LogP contribution in [-0.2, 0) is 0 Å². The first-order valence-corrected chi connectivity index (χ1v) is 7.09. The summed E-state index contributed by atoms with van der Waals surface area (Å²) >= 11 is 0. The van der Waals surface area contributed by atoms with Gasteiger partial charge in [0.15, 0.2) is 5.78 Å². The fraction of sp³-hybridized carbons (Fsp3) is 0.333. The van der Waals surface area contributed by atoms with Crippen LogP contribution >= 0.6 is 0 Å². The lowest BCUT2D eigenvalue weighted by Gasteiger charge is -2.32. The summed E-state index contributed by atoms with van der Waals surface area (Å²) in [5.41, 5.74) is 1.80. The first-order valence-electron chi connectivity index (χ1n) is 7.09. The molecule has 1 aliphatic heterocycles. The summed E-state index contributed by atoms with van der Waals surface area (Å²) in [5.74, 6) is -0.0953. The zero-order valence-corrected chi connectivity index (χ0v) is 12.0. The Morgan fingerprint density at radius 1 is 1.09 bits per heavy atom. The van der Waals surface area contributed by atoms with Crippen LogP contribution in [0.1, 0.15) is 10.5 Å². The maximum atomic E-state index is 12.3. The van der Waals surface area contributed by atoms with E-state index in [-0.39, 0.29) is 12.3 Å². The Morgan fingerprint density at radius 3 is 2.45 bits per heavy atom. The number of piperazine rings is 1. The zero-order chi connectivity index (χ0) is 15.5. The number of carbonyl (C=O) groups is 2. The van der Waals surface area contributed by atoms with Crippen LogP contribution in [0.4, 0.5) is 4.79 Å². The molecule has 0 radical (unpaired) electrons. The minimum atomic E-state index is -0.911. The van der Waals surface area contributed by atoms with Gasteiger partial charge in [0, 0.05) is 26.2 Å². The third-order valence-electron chi connectivity index (χ3n) is 3.74. The van der Waals surface area contributed by atoms with Gasteiger partial charge in [-0.25, -0.2) is 9.78 Å². The van der Waals surface area contributed by atoms with Gasteiger partial charge in [0.1, 0.15) is 5.69 Å². The first-order chi connectivity index (χ1) is 10.6. The van der Waals surface area contributed by atoms with Crippen LogP contribution in [0, 0.1) is 0 Å². The van der Waals surface area contributed by atoms with Crippen LogP contribution in [0.2, 0.25) is 0 Å². The number of para-hydroxylation sites is 2. The lowest BCUT2D eigenvalue weighted by atomic mass is 10.2. The molecule has 1 aliphatic rings. The molecule has 7 nitrogen and oxygen atoms in total. The molecule has 1 aromatic carbocycles. The van der Waals surface area contributed by atoms with Gasteiger partial charge in [0.2, 0.25) is 0 Å². The van der Waals surface area contributed by atoms with Gasteiger partial charge in [0.05, 0.1) is 23.8 Å². The number of hydrogen-bond acceptors (Lipinski definition) is 5. The Balaban J connectivity index is 1.65. The zero-order valence-electron chi connectivity index (χ0n) is 12.0. The lowest BCUT2D eigenvalue weighted by Crippen LogP contribution is -2.49. The lowest BCUT2D eigenvalue weighted by molar-refractivity contribution is 0.0831. The first kappa shape index (κ1) is 14.4. The summed E-state index contributed by atoms with van der Waals surface area (Å²) in [5, 5.41) is 8.91. The topological polar surface area (TPSA) is 86.6 Å². The van der Waals surface area contributed by atoms with Crippen molar-refractivity contribution in [2.75, 3.05) is 32.7 Å². The number of Topliss-reactive ketones (excluding diaryl/α,β-unsaturated/α-hetero) is 1. The Bertz CT molecular complexity index is 711. The predicted molar refractivity (Wildman–Crippen MR) is 79.9 cm³/mol. The van der Waals surface area contributed by atoms with E-state index in [9.17, 15) is 9.59 Å². The second-order valence-corrected chi connectivity index (χ2v) is 5.21. The molecule has 0 spiro atoms. The second kappa shape index (κ2) is 6.07. The Morgan fingerprint density at radius 2 is 1.77 bits per heavy atom. The summed E-state index contributed by atoms with van der Waals surface area (Å²) in [6.07, 6.45) is 0.587. The molecule has 7 heteroatoms. The Kier molecular flexibility index (Phi) is 3.97. The second-order valence-electron chi connectivity index (χ2n) is 5.21. The number of aromatic nitrogens is 2. The molecule has 0 atom stereocenters. The van der Waals surface area contributed by atoms with Gasteiger partial charge in [-0.1, -0.05) is 12.1 Å². The Hall–Kier alpha value is -2.54. The molecular weight excluding hydrogens is 284 g/mol. The van der Waals surface area contributed by atoms with Crippen molar-refractivity contribution < 1.29 is 14.7 Å². The van der Waals surface area contributed by atoms with Crippen molar-refractivity contribution in [1.82, 2.24) is 19.8 Å². The molecule has 1 aromatic heterocycles. The highest BCUT2D eigenvalue weighted by Gasteiger charge is 2.22. The third-order valence-corrected chi connectivity index (χ3v) is 3.74. The number of nitrogens with zero attached hydrogens (tertiary/aromatic N) is 4. The van der Waals surface area contributed by atoms with Crippen molar-refractivity contribution in [3.8, 4) is 0 Å². The summed E-state index contributed by atoms with van der Waals surface area (Å²) < 4.78 is 0. The monoisotopic (exact) mass is 300 g/mol. The predicted octanol–water partition coefficient (Wildman–Crippen LogP) is 1.11. The number of ketones is 1. The van der Waals surface area contributed by atoms with E-state index in [0.717, 1.165) is 5.52 Å². The van der Waals surface area contributed by atoms with Crippen molar-refractivity contribution in [3.63, 3.8) is 0 Å². The molecule has 22 heavy (non-hydrogen) atoms. The highest BCUT2D eigenvalue weighted by Crippen LogP contribution is 2.10. The summed E-state index contributed by atoms with van der Waals surface area (Å²) in [6, 6.07) is 7.41. The SMILES string of the molecule is O=C(CN1CCN(C(=O)O)CC1)c1cnc2ccccc2n1. The van der Waals surface area contributed by atoms with Gasteiger partial charge >= 0.3 is 6.09 Å².